The van der Waals surface area contributed by atoms with E-state index in [4.69, 9.17) is 18.9 Å². The number of methoxy groups -OCH3 is 3. The largest absolute Gasteiger partial charge is 0.480 e. The Bertz CT molecular complexity index is 1030. The standard InChI is InChI=1S/C21H34N6O6S/c1-13-7-8-17(33-13)20-24-25-21(27(20)19(32-6)9-10-30-4)26-34(28,29)15(3)14(2)16-11-23-18(31-5)12-22-16/h11-15,17,19H,7-10H2,1-6H3,(H,25,26)/t13-,14+,15+,17-,19?/m1/s1. The average molecular weight is 499 g/mol. The molecule has 0 saturated carbocycles. The molecule has 12 nitrogen and oxygen atoms in total. The molecule has 2 aromatic heterocycles. The first-order valence-electron chi connectivity index (χ1n) is 11.2. The molecule has 0 radical (unpaired) electrons. The monoisotopic (exact) mass is 498 g/mol. The second-order valence-corrected chi connectivity index (χ2v) is 10.4. The third kappa shape index (κ3) is 5.82. The predicted octanol–water partition coefficient (Wildman–Crippen LogP) is 2.43. The minimum atomic E-state index is -3.88. The zero-order valence-electron chi connectivity index (χ0n) is 20.5. The summed E-state index contributed by atoms with van der Waals surface area (Å²) in [6.45, 7) is 5.80. The molecule has 1 N–H and O–H groups in total. The molecule has 2 aromatic rings. The van der Waals surface area contributed by atoms with Crippen molar-refractivity contribution in [2.24, 2.45) is 0 Å². The molecule has 1 aliphatic heterocycles. The highest BCUT2D eigenvalue weighted by atomic mass is 32.2. The smallest absolute Gasteiger partial charge is 0.240 e. The number of nitrogens with one attached hydrogen (secondary N) is 1. The van der Waals surface area contributed by atoms with Gasteiger partial charge in [0.25, 0.3) is 0 Å². The van der Waals surface area contributed by atoms with E-state index >= 15 is 0 Å². The van der Waals surface area contributed by atoms with Crippen molar-refractivity contribution in [3.05, 3.63) is 23.9 Å². The molecule has 5 atom stereocenters. The maximum absolute atomic E-state index is 13.3. The van der Waals surface area contributed by atoms with Crippen LogP contribution in [0.5, 0.6) is 5.88 Å². The van der Waals surface area contributed by atoms with Crippen molar-refractivity contribution in [1.29, 1.82) is 0 Å². The van der Waals surface area contributed by atoms with Gasteiger partial charge in [0.1, 0.15) is 12.3 Å². The summed E-state index contributed by atoms with van der Waals surface area (Å²) < 4.78 is 52.8. The lowest BCUT2D eigenvalue weighted by atomic mass is 10.1. The minimum absolute atomic E-state index is 0.0703. The van der Waals surface area contributed by atoms with Gasteiger partial charge in [0, 0.05) is 26.6 Å². The summed E-state index contributed by atoms with van der Waals surface area (Å²) in [5, 5.41) is 7.60. The van der Waals surface area contributed by atoms with Crippen LogP contribution in [-0.2, 0) is 24.2 Å². The Morgan fingerprint density at radius 2 is 1.94 bits per heavy atom. The fraction of sp³-hybridized carbons (Fsp3) is 0.714. The Hall–Kier alpha value is -2.35. The lowest BCUT2D eigenvalue weighted by molar-refractivity contribution is 0.00194. The molecular formula is C21H34N6O6S. The van der Waals surface area contributed by atoms with Gasteiger partial charge in [0.05, 0.1) is 43.2 Å². The van der Waals surface area contributed by atoms with Crippen LogP contribution in [0.3, 0.4) is 0 Å². The van der Waals surface area contributed by atoms with Gasteiger partial charge in [-0.3, -0.25) is 14.3 Å². The molecular weight excluding hydrogens is 464 g/mol. The first-order valence-corrected chi connectivity index (χ1v) is 12.8. The van der Waals surface area contributed by atoms with E-state index in [1.54, 1.807) is 32.6 Å². The molecule has 0 spiro atoms. The van der Waals surface area contributed by atoms with Crippen molar-refractivity contribution in [3.8, 4) is 5.88 Å². The van der Waals surface area contributed by atoms with E-state index in [0.717, 1.165) is 12.8 Å². The van der Waals surface area contributed by atoms with Gasteiger partial charge in [0.15, 0.2) is 5.82 Å². The van der Waals surface area contributed by atoms with Gasteiger partial charge >= 0.3 is 0 Å². The Morgan fingerprint density at radius 1 is 1.18 bits per heavy atom. The van der Waals surface area contributed by atoms with Crippen LogP contribution in [0.4, 0.5) is 5.95 Å². The molecule has 13 heteroatoms. The van der Waals surface area contributed by atoms with Crippen LogP contribution in [0, 0.1) is 0 Å². The highest BCUT2D eigenvalue weighted by molar-refractivity contribution is 7.93. The molecule has 1 saturated heterocycles. The Morgan fingerprint density at radius 3 is 2.50 bits per heavy atom. The van der Waals surface area contributed by atoms with E-state index in [0.29, 0.717) is 30.4 Å². The van der Waals surface area contributed by atoms with Crippen molar-refractivity contribution in [1.82, 2.24) is 24.7 Å². The van der Waals surface area contributed by atoms with Crippen molar-refractivity contribution in [2.75, 3.05) is 32.7 Å². The first kappa shape index (κ1) is 26.3. The highest BCUT2D eigenvalue weighted by Crippen LogP contribution is 2.35. The SMILES string of the molecule is COCCC(OC)n1c(NS(=O)(=O)[C@@H](C)[C@H](C)c2cnc(OC)cn2)nnc1[C@H]1CC[C@@H](C)O1. The zero-order valence-corrected chi connectivity index (χ0v) is 21.3. The fourth-order valence-electron chi connectivity index (χ4n) is 3.84. The maximum atomic E-state index is 13.3. The molecule has 3 heterocycles. The van der Waals surface area contributed by atoms with Crippen molar-refractivity contribution >= 4 is 16.0 Å². The quantitative estimate of drug-likeness (QED) is 0.464. The summed E-state index contributed by atoms with van der Waals surface area (Å²) in [7, 11) is 0.752. The summed E-state index contributed by atoms with van der Waals surface area (Å²) in [6, 6.07) is 0. The third-order valence-corrected chi connectivity index (χ3v) is 7.98. The molecule has 0 amide bonds. The van der Waals surface area contributed by atoms with Gasteiger partial charge < -0.3 is 18.9 Å². The molecule has 1 fully saturated rings. The first-order chi connectivity index (χ1) is 16.2. The topological polar surface area (TPSA) is 140 Å². The number of sulfonamides is 1. The van der Waals surface area contributed by atoms with Gasteiger partial charge in [-0.15, -0.1) is 10.2 Å². The van der Waals surface area contributed by atoms with E-state index in [9.17, 15) is 8.42 Å². The summed E-state index contributed by atoms with van der Waals surface area (Å²) in [4.78, 5) is 8.41. The van der Waals surface area contributed by atoms with Gasteiger partial charge in [-0.05, 0) is 26.7 Å². The molecule has 34 heavy (non-hydrogen) atoms. The molecule has 0 aliphatic carbocycles. The lowest BCUT2D eigenvalue weighted by Crippen LogP contribution is -2.32. The van der Waals surface area contributed by atoms with Crippen molar-refractivity contribution in [3.63, 3.8) is 0 Å². The van der Waals surface area contributed by atoms with E-state index in [1.807, 2.05) is 6.92 Å². The summed E-state index contributed by atoms with van der Waals surface area (Å²) in [5.74, 6) is 0.500. The van der Waals surface area contributed by atoms with Gasteiger partial charge in [-0.2, -0.15) is 0 Å². The Kier molecular flexibility index (Phi) is 8.79. The van der Waals surface area contributed by atoms with Crippen LogP contribution >= 0.6 is 0 Å². The second kappa shape index (κ2) is 11.4. The van der Waals surface area contributed by atoms with Crippen LogP contribution in [0.2, 0.25) is 0 Å². The molecule has 3 rings (SSSR count). The molecule has 1 aliphatic rings. The average Bonchev–Trinajstić information content (AvgIpc) is 3.44. The second-order valence-electron chi connectivity index (χ2n) is 8.36. The predicted molar refractivity (Wildman–Crippen MR) is 124 cm³/mol. The van der Waals surface area contributed by atoms with Crippen LogP contribution in [-0.4, -0.2) is 72.4 Å². The summed E-state index contributed by atoms with van der Waals surface area (Å²) >= 11 is 0. The lowest BCUT2D eigenvalue weighted by Gasteiger charge is -2.24. The number of anilines is 1. The molecule has 0 bridgehead atoms. The Balaban J connectivity index is 1.89. The maximum Gasteiger partial charge on any atom is 0.240 e. The van der Waals surface area contributed by atoms with Crippen LogP contribution in [0.1, 0.15) is 69.8 Å². The summed E-state index contributed by atoms with van der Waals surface area (Å²) in [6.07, 6.45) is 4.34. The number of aromatic nitrogens is 5. The van der Waals surface area contributed by atoms with Crippen LogP contribution in [0.15, 0.2) is 12.4 Å². The van der Waals surface area contributed by atoms with Gasteiger partial charge in [0.2, 0.25) is 21.9 Å². The minimum Gasteiger partial charge on any atom is -0.480 e. The third-order valence-electron chi connectivity index (χ3n) is 6.12. The van der Waals surface area contributed by atoms with E-state index in [1.165, 1.54) is 19.5 Å². The fourth-order valence-corrected chi connectivity index (χ4v) is 5.09. The summed E-state index contributed by atoms with van der Waals surface area (Å²) in [5.41, 5.74) is 0.532. The van der Waals surface area contributed by atoms with E-state index in [2.05, 4.69) is 24.9 Å². The van der Waals surface area contributed by atoms with E-state index < -0.39 is 27.4 Å². The highest BCUT2D eigenvalue weighted by Gasteiger charge is 2.35. The van der Waals surface area contributed by atoms with Gasteiger partial charge in [-0.25, -0.2) is 13.4 Å². The van der Waals surface area contributed by atoms with Crippen LogP contribution < -0.4 is 9.46 Å². The van der Waals surface area contributed by atoms with Crippen molar-refractivity contribution in [2.45, 2.75) is 69.6 Å². The normalized spacial score (nSPS) is 21.2. The number of ether oxygens (including phenoxy) is 4. The Labute approximate surface area is 200 Å². The zero-order chi connectivity index (χ0) is 24.9. The number of rotatable bonds is 12. The number of hydrogen-bond donors (Lipinski definition) is 1. The number of nitrogens with zero attached hydrogens (tertiary/aromatic N) is 5. The van der Waals surface area contributed by atoms with Gasteiger partial charge in [-0.1, -0.05) is 6.92 Å². The molecule has 1 unspecified atom stereocenters. The molecule has 0 aromatic carbocycles. The number of hydrogen-bond acceptors (Lipinski definition) is 10. The molecule has 190 valence electrons. The van der Waals surface area contributed by atoms with E-state index in [-0.39, 0.29) is 18.2 Å². The van der Waals surface area contributed by atoms with Crippen LogP contribution in [0.25, 0.3) is 0 Å². The van der Waals surface area contributed by atoms with Crippen molar-refractivity contribution < 1.29 is 27.4 Å².